The van der Waals surface area contributed by atoms with Gasteiger partial charge in [0.2, 0.25) is 0 Å². The minimum absolute atomic E-state index is 0.115. The van der Waals surface area contributed by atoms with Crippen LogP contribution >= 0.6 is 0 Å². The van der Waals surface area contributed by atoms with Gasteiger partial charge in [0, 0.05) is 5.41 Å². The third-order valence-electron chi connectivity index (χ3n) is 8.01. The second-order valence-electron chi connectivity index (χ2n) is 8.54. The van der Waals surface area contributed by atoms with Crippen molar-refractivity contribution in [2.24, 2.45) is 29.1 Å². The van der Waals surface area contributed by atoms with Gasteiger partial charge in [-0.15, -0.1) is 6.42 Å². The zero-order chi connectivity index (χ0) is 16.2. The van der Waals surface area contributed by atoms with Gasteiger partial charge >= 0.3 is 0 Å². The maximum Gasteiger partial charge on any atom is 0.131 e. The van der Waals surface area contributed by atoms with Gasteiger partial charge in [0.25, 0.3) is 0 Å². The predicted molar refractivity (Wildman–Crippen MR) is 94.6 cm³/mol. The fourth-order valence-corrected chi connectivity index (χ4v) is 7.03. The molecule has 4 rings (SSSR count). The Morgan fingerprint density at radius 1 is 1.39 bits per heavy atom. The highest BCUT2D eigenvalue weighted by Crippen LogP contribution is 2.67. The Labute approximate surface area is 141 Å². The molecule has 3 fully saturated rings. The van der Waals surface area contributed by atoms with Crippen LogP contribution in [0.5, 0.6) is 0 Å². The van der Waals surface area contributed by atoms with Crippen molar-refractivity contribution in [1.82, 2.24) is 0 Å². The van der Waals surface area contributed by atoms with E-state index in [1.165, 1.54) is 37.7 Å². The third kappa shape index (κ3) is 1.91. The average molecular weight is 310 g/mol. The molecule has 124 valence electrons. The highest BCUT2D eigenvalue weighted by atomic mass is 16.3. The average Bonchev–Trinajstić information content (AvgIpc) is 2.88. The molecule has 1 nitrogen and oxygen atoms in total. The van der Waals surface area contributed by atoms with Crippen LogP contribution in [0, 0.1) is 41.4 Å². The second kappa shape index (κ2) is 5.25. The third-order valence-corrected chi connectivity index (χ3v) is 8.01. The minimum atomic E-state index is -0.914. The molecule has 0 heterocycles. The van der Waals surface area contributed by atoms with E-state index < -0.39 is 5.60 Å². The van der Waals surface area contributed by atoms with Crippen LogP contribution in [-0.4, -0.2) is 10.7 Å². The van der Waals surface area contributed by atoms with Crippen LogP contribution in [-0.2, 0) is 0 Å². The molecule has 0 aromatic heterocycles. The van der Waals surface area contributed by atoms with Crippen LogP contribution in [0.1, 0.15) is 64.7 Å². The Hall–Kier alpha value is -1.00. The molecule has 1 N–H and O–H groups in total. The smallest absolute Gasteiger partial charge is 0.131 e. The van der Waals surface area contributed by atoms with E-state index in [9.17, 15) is 5.11 Å². The maximum atomic E-state index is 11.2. The quantitative estimate of drug-likeness (QED) is 0.541. The first-order valence-electron chi connectivity index (χ1n) is 9.63. The molecule has 4 aliphatic rings. The van der Waals surface area contributed by atoms with E-state index in [0.717, 1.165) is 31.6 Å². The highest BCUT2D eigenvalue weighted by Gasteiger charge is 2.64. The normalized spacial score (nSPS) is 48.7. The standard InChI is InChI=1S/C22H30O/c1-4-21-14-15(3)20-17-9-7-6-8-16(17)10-11-18(20)19(21)12-13-22(21,23)5-2/h2,8,17-20,23H,3-4,6-7,9-14H2,1H3/t17-,18-,19?,20?,21-,22-/m0/s1. The zero-order valence-corrected chi connectivity index (χ0v) is 14.5. The second-order valence-corrected chi connectivity index (χ2v) is 8.54. The summed E-state index contributed by atoms with van der Waals surface area (Å²) in [6.07, 6.45) is 18.6. The Bertz CT molecular complexity index is 594. The summed E-state index contributed by atoms with van der Waals surface area (Å²) in [5, 5.41) is 11.2. The molecule has 2 unspecified atom stereocenters. The van der Waals surface area contributed by atoms with Gasteiger partial charge in [-0.05, 0) is 81.5 Å². The number of terminal acetylenes is 1. The topological polar surface area (TPSA) is 20.2 Å². The van der Waals surface area contributed by atoms with Crippen LogP contribution in [0.4, 0.5) is 0 Å². The summed E-state index contributed by atoms with van der Waals surface area (Å²) < 4.78 is 0. The summed E-state index contributed by atoms with van der Waals surface area (Å²) in [4.78, 5) is 0. The molecular formula is C22H30O. The van der Waals surface area contributed by atoms with Crippen molar-refractivity contribution < 1.29 is 5.11 Å². The molecule has 23 heavy (non-hydrogen) atoms. The lowest BCUT2D eigenvalue weighted by molar-refractivity contribution is -0.0788. The van der Waals surface area contributed by atoms with Gasteiger partial charge in [-0.2, -0.15) is 0 Å². The van der Waals surface area contributed by atoms with E-state index in [1.807, 2.05) is 0 Å². The predicted octanol–water partition coefficient (Wildman–Crippen LogP) is 4.87. The summed E-state index contributed by atoms with van der Waals surface area (Å²) in [5.74, 6) is 5.48. The minimum Gasteiger partial charge on any atom is -0.377 e. The lowest BCUT2D eigenvalue weighted by Crippen LogP contribution is -2.54. The number of fused-ring (bicyclic) bond motifs is 5. The zero-order valence-electron chi connectivity index (χ0n) is 14.5. The van der Waals surface area contributed by atoms with E-state index in [-0.39, 0.29) is 5.41 Å². The molecule has 0 saturated heterocycles. The molecular weight excluding hydrogens is 280 g/mol. The lowest BCUT2D eigenvalue weighted by atomic mass is 9.48. The van der Waals surface area contributed by atoms with Gasteiger partial charge in [0.1, 0.15) is 5.60 Å². The summed E-state index contributed by atoms with van der Waals surface area (Å²) in [5.41, 5.74) is 2.08. The van der Waals surface area contributed by atoms with Crippen molar-refractivity contribution in [3.05, 3.63) is 23.8 Å². The Morgan fingerprint density at radius 2 is 2.22 bits per heavy atom. The van der Waals surface area contributed by atoms with Crippen LogP contribution < -0.4 is 0 Å². The maximum absolute atomic E-state index is 11.2. The van der Waals surface area contributed by atoms with E-state index in [0.29, 0.717) is 17.8 Å². The highest BCUT2D eigenvalue weighted by molar-refractivity contribution is 5.32. The summed E-state index contributed by atoms with van der Waals surface area (Å²) >= 11 is 0. The lowest BCUT2D eigenvalue weighted by Gasteiger charge is -2.56. The van der Waals surface area contributed by atoms with Gasteiger partial charge in [-0.1, -0.05) is 36.6 Å². The van der Waals surface area contributed by atoms with Crippen LogP contribution in [0.15, 0.2) is 23.8 Å². The first-order valence-corrected chi connectivity index (χ1v) is 9.63. The molecule has 0 amide bonds. The van der Waals surface area contributed by atoms with Crippen LogP contribution in [0.2, 0.25) is 0 Å². The van der Waals surface area contributed by atoms with Gasteiger partial charge in [-0.3, -0.25) is 0 Å². The van der Waals surface area contributed by atoms with Gasteiger partial charge in [0.05, 0.1) is 0 Å². The van der Waals surface area contributed by atoms with E-state index in [4.69, 9.17) is 6.42 Å². The molecule has 0 aromatic carbocycles. The van der Waals surface area contributed by atoms with Crippen LogP contribution in [0.25, 0.3) is 0 Å². The van der Waals surface area contributed by atoms with Crippen molar-refractivity contribution in [3.63, 3.8) is 0 Å². The number of hydrogen-bond acceptors (Lipinski definition) is 1. The first-order chi connectivity index (χ1) is 11.1. The molecule has 0 bridgehead atoms. The molecule has 6 atom stereocenters. The number of allylic oxidation sites excluding steroid dienone is 3. The summed E-state index contributed by atoms with van der Waals surface area (Å²) in [6.45, 7) is 6.76. The molecule has 0 aromatic rings. The summed E-state index contributed by atoms with van der Waals surface area (Å²) in [6, 6.07) is 0. The first kappa shape index (κ1) is 15.5. The van der Waals surface area contributed by atoms with E-state index in [2.05, 4.69) is 25.5 Å². The molecule has 0 radical (unpaired) electrons. The SMILES string of the molecule is C#C[C@]1(O)CCC2[C@@H]3CCC4=CCCC[C@@H]4C3C(=C)C[C@@]21CC. The number of rotatable bonds is 1. The fraction of sp³-hybridized carbons (Fsp3) is 0.727. The summed E-state index contributed by atoms with van der Waals surface area (Å²) in [7, 11) is 0. The molecule has 0 aliphatic heterocycles. The van der Waals surface area contributed by atoms with Gasteiger partial charge < -0.3 is 5.11 Å². The molecule has 0 spiro atoms. The largest absolute Gasteiger partial charge is 0.377 e. The monoisotopic (exact) mass is 310 g/mol. The van der Waals surface area contributed by atoms with E-state index >= 15 is 0 Å². The molecule has 4 aliphatic carbocycles. The van der Waals surface area contributed by atoms with Crippen molar-refractivity contribution in [3.8, 4) is 12.3 Å². The van der Waals surface area contributed by atoms with Gasteiger partial charge in [-0.25, -0.2) is 0 Å². The molecule has 1 heteroatoms. The number of aliphatic hydroxyl groups is 1. The Morgan fingerprint density at radius 3 is 2.96 bits per heavy atom. The fourth-order valence-electron chi connectivity index (χ4n) is 7.03. The Balaban J connectivity index is 1.74. The van der Waals surface area contributed by atoms with Crippen molar-refractivity contribution >= 4 is 0 Å². The molecule has 3 saturated carbocycles. The van der Waals surface area contributed by atoms with Crippen molar-refractivity contribution in [2.45, 2.75) is 70.3 Å². The van der Waals surface area contributed by atoms with Crippen molar-refractivity contribution in [2.75, 3.05) is 0 Å². The van der Waals surface area contributed by atoms with Crippen LogP contribution in [0.3, 0.4) is 0 Å². The van der Waals surface area contributed by atoms with Crippen molar-refractivity contribution in [1.29, 1.82) is 0 Å². The Kier molecular flexibility index (Phi) is 3.54. The van der Waals surface area contributed by atoms with Gasteiger partial charge in [0.15, 0.2) is 0 Å². The van der Waals surface area contributed by atoms with E-state index in [1.54, 1.807) is 5.57 Å². The number of hydrogen-bond donors (Lipinski definition) is 1.